The molecular formula is C18H27N3O3S. The minimum absolute atomic E-state index is 0.230. The lowest BCUT2D eigenvalue weighted by molar-refractivity contribution is 0.279. The lowest BCUT2D eigenvalue weighted by Crippen LogP contribution is -2.35. The maximum absolute atomic E-state index is 12.7. The standard InChI is InChI=1S/C18H27N3O3S/c1-4-12-21(13-5-2)14-11-20-25(22,23)17-9-8-16(24-3)18-15(17)7-6-10-19-18/h6-10,20H,4-5,11-14H2,1-3H3. The Morgan fingerprint density at radius 3 is 2.48 bits per heavy atom. The van der Waals surface area contributed by atoms with Gasteiger partial charge in [0.2, 0.25) is 10.0 Å². The molecule has 0 unspecified atom stereocenters. The van der Waals surface area contributed by atoms with E-state index in [1.807, 2.05) is 0 Å². The van der Waals surface area contributed by atoms with Gasteiger partial charge in [0.25, 0.3) is 0 Å². The molecule has 0 aliphatic rings. The van der Waals surface area contributed by atoms with Crippen molar-refractivity contribution in [3.05, 3.63) is 30.5 Å². The monoisotopic (exact) mass is 365 g/mol. The van der Waals surface area contributed by atoms with Gasteiger partial charge in [0.15, 0.2) is 0 Å². The van der Waals surface area contributed by atoms with E-state index < -0.39 is 10.0 Å². The molecule has 1 aromatic heterocycles. The zero-order valence-electron chi connectivity index (χ0n) is 15.2. The molecule has 0 saturated carbocycles. The number of hydrogen-bond acceptors (Lipinski definition) is 5. The van der Waals surface area contributed by atoms with E-state index in [1.54, 1.807) is 37.6 Å². The minimum Gasteiger partial charge on any atom is -0.494 e. The third kappa shape index (κ3) is 4.90. The first-order valence-corrected chi connectivity index (χ1v) is 10.2. The van der Waals surface area contributed by atoms with Gasteiger partial charge in [0.1, 0.15) is 11.3 Å². The van der Waals surface area contributed by atoms with E-state index in [0.29, 0.717) is 29.7 Å². The average Bonchev–Trinajstić information content (AvgIpc) is 2.61. The van der Waals surface area contributed by atoms with Crippen molar-refractivity contribution in [3.63, 3.8) is 0 Å². The van der Waals surface area contributed by atoms with Crippen molar-refractivity contribution in [1.82, 2.24) is 14.6 Å². The molecule has 0 saturated heterocycles. The lowest BCUT2D eigenvalue weighted by atomic mass is 10.2. The summed E-state index contributed by atoms with van der Waals surface area (Å²) in [5, 5.41) is 0.563. The molecule has 0 spiro atoms. The molecule has 138 valence electrons. The van der Waals surface area contributed by atoms with Gasteiger partial charge in [-0.25, -0.2) is 13.1 Å². The van der Waals surface area contributed by atoms with E-state index in [1.165, 1.54) is 0 Å². The van der Waals surface area contributed by atoms with Gasteiger partial charge in [-0.1, -0.05) is 13.8 Å². The van der Waals surface area contributed by atoms with Gasteiger partial charge in [-0.3, -0.25) is 4.98 Å². The van der Waals surface area contributed by atoms with Crippen LogP contribution < -0.4 is 9.46 Å². The Kier molecular flexibility index (Phi) is 7.16. The Bertz CT molecular complexity index is 787. The molecule has 1 heterocycles. The first kappa shape index (κ1) is 19.6. The first-order valence-electron chi connectivity index (χ1n) is 8.67. The number of hydrogen-bond donors (Lipinski definition) is 1. The van der Waals surface area contributed by atoms with E-state index >= 15 is 0 Å². The highest BCUT2D eigenvalue weighted by Gasteiger charge is 2.19. The molecule has 6 nitrogen and oxygen atoms in total. The van der Waals surface area contributed by atoms with Crippen LogP contribution in [-0.2, 0) is 10.0 Å². The van der Waals surface area contributed by atoms with E-state index in [9.17, 15) is 8.42 Å². The third-order valence-electron chi connectivity index (χ3n) is 4.00. The van der Waals surface area contributed by atoms with Crippen LogP contribution in [0.15, 0.2) is 35.4 Å². The summed E-state index contributed by atoms with van der Waals surface area (Å²) in [4.78, 5) is 6.76. The predicted octanol–water partition coefficient (Wildman–Crippen LogP) is 2.64. The molecule has 1 aromatic carbocycles. The maximum atomic E-state index is 12.7. The largest absolute Gasteiger partial charge is 0.494 e. The van der Waals surface area contributed by atoms with Crippen LogP contribution in [0.4, 0.5) is 0 Å². The number of benzene rings is 1. The highest BCUT2D eigenvalue weighted by Crippen LogP contribution is 2.28. The zero-order valence-corrected chi connectivity index (χ0v) is 16.0. The molecule has 0 fully saturated rings. The molecule has 25 heavy (non-hydrogen) atoms. The SMILES string of the molecule is CCCN(CCC)CCNS(=O)(=O)c1ccc(OC)c2ncccc12. The number of pyridine rings is 1. The summed E-state index contributed by atoms with van der Waals surface area (Å²) in [6, 6.07) is 6.69. The zero-order chi connectivity index (χ0) is 18.3. The number of nitrogens with one attached hydrogen (secondary N) is 1. The van der Waals surface area contributed by atoms with Crippen molar-refractivity contribution in [2.45, 2.75) is 31.6 Å². The Hall–Kier alpha value is -1.70. The second-order valence-electron chi connectivity index (χ2n) is 5.90. The van der Waals surface area contributed by atoms with Gasteiger partial charge < -0.3 is 9.64 Å². The van der Waals surface area contributed by atoms with Gasteiger partial charge in [0, 0.05) is 24.7 Å². The second-order valence-corrected chi connectivity index (χ2v) is 7.64. The average molecular weight is 365 g/mol. The Balaban J connectivity index is 2.18. The fraction of sp³-hybridized carbons (Fsp3) is 0.500. The number of methoxy groups -OCH3 is 1. The second kappa shape index (κ2) is 9.12. The topological polar surface area (TPSA) is 71.5 Å². The Labute approximate surface area is 150 Å². The molecule has 2 aromatic rings. The van der Waals surface area contributed by atoms with Crippen LogP contribution in [0.25, 0.3) is 10.9 Å². The van der Waals surface area contributed by atoms with Crippen LogP contribution >= 0.6 is 0 Å². The van der Waals surface area contributed by atoms with Crippen molar-refractivity contribution in [1.29, 1.82) is 0 Å². The van der Waals surface area contributed by atoms with Crippen LogP contribution in [0.3, 0.4) is 0 Å². The van der Waals surface area contributed by atoms with Crippen LogP contribution in [0, 0.1) is 0 Å². The van der Waals surface area contributed by atoms with Gasteiger partial charge in [0.05, 0.1) is 12.0 Å². The summed E-state index contributed by atoms with van der Waals surface area (Å²) in [5.41, 5.74) is 0.548. The van der Waals surface area contributed by atoms with Crippen molar-refractivity contribution in [2.24, 2.45) is 0 Å². The van der Waals surface area contributed by atoms with Crippen LogP contribution in [0.2, 0.25) is 0 Å². The number of fused-ring (bicyclic) bond motifs is 1. The molecule has 0 bridgehead atoms. The Morgan fingerprint density at radius 1 is 1.12 bits per heavy atom. The van der Waals surface area contributed by atoms with E-state index in [4.69, 9.17) is 4.74 Å². The van der Waals surface area contributed by atoms with Crippen molar-refractivity contribution in [2.75, 3.05) is 33.3 Å². The molecule has 0 aliphatic carbocycles. The quantitative estimate of drug-likeness (QED) is 0.701. The number of rotatable bonds is 10. The first-order chi connectivity index (χ1) is 12.0. The molecule has 2 rings (SSSR count). The number of nitrogens with zero attached hydrogens (tertiary/aromatic N) is 2. The van der Waals surface area contributed by atoms with Crippen molar-refractivity contribution in [3.8, 4) is 5.75 Å². The minimum atomic E-state index is -3.61. The molecular weight excluding hydrogens is 338 g/mol. The Morgan fingerprint density at radius 2 is 1.84 bits per heavy atom. The molecule has 0 amide bonds. The molecule has 7 heteroatoms. The summed E-state index contributed by atoms with van der Waals surface area (Å²) < 4.78 is 33.5. The molecule has 1 N–H and O–H groups in total. The van der Waals surface area contributed by atoms with Crippen LogP contribution in [-0.4, -0.2) is 51.6 Å². The van der Waals surface area contributed by atoms with E-state index in [-0.39, 0.29) is 4.90 Å². The predicted molar refractivity (Wildman–Crippen MR) is 101 cm³/mol. The normalized spacial score (nSPS) is 12.0. The molecule has 0 aliphatic heterocycles. The number of sulfonamides is 1. The summed E-state index contributed by atoms with van der Waals surface area (Å²) in [7, 11) is -2.06. The number of aromatic nitrogens is 1. The van der Waals surface area contributed by atoms with Gasteiger partial charge in [-0.05, 0) is 50.2 Å². The highest BCUT2D eigenvalue weighted by molar-refractivity contribution is 7.89. The third-order valence-corrected chi connectivity index (χ3v) is 5.52. The lowest BCUT2D eigenvalue weighted by Gasteiger charge is -2.21. The van der Waals surface area contributed by atoms with Gasteiger partial charge >= 0.3 is 0 Å². The summed E-state index contributed by atoms with van der Waals surface area (Å²) in [5.74, 6) is 0.562. The van der Waals surface area contributed by atoms with E-state index in [0.717, 1.165) is 25.9 Å². The fourth-order valence-electron chi connectivity index (χ4n) is 2.90. The molecule has 0 atom stereocenters. The van der Waals surface area contributed by atoms with Crippen LogP contribution in [0.5, 0.6) is 5.75 Å². The molecule has 0 radical (unpaired) electrons. The summed E-state index contributed by atoms with van der Waals surface area (Å²) >= 11 is 0. The fourth-order valence-corrected chi connectivity index (χ4v) is 4.12. The van der Waals surface area contributed by atoms with E-state index in [2.05, 4.69) is 28.5 Å². The van der Waals surface area contributed by atoms with Crippen molar-refractivity contribution < 1.29 is 13.2 Å². The van der Waals surface area contributed by atoms with Crippen LogP contribution in [0.1, 0.15) is 26.7 Å². The van der Waals surface area contributed by atoms with Gasteiger partial charge in [-0.15, -0.1) is 0 Å². The van der Waals surface area contributed by atoms with Gasteiger partial charge in [-0.2, -0.15) is 0 Å². The highest BCUT2D eigenvalue weighted by atomic mass is 32.2. The maximum Gasteiger partial charge on any atom is 0.241 e. The number of ether oxygens (including phenoxy) is 1. The summed E-state index contributed by atoms with van der Waals surface area (Å²) in [6.45, 7) is 7.30. The smallest absolute Gasteiger partial charge is 0.241 e. The summed E-state index contributed by atoms with van der Waals surface area (Å²) in [6.07, 6.45) is 3.74. The van der Waals surface area contributed by atoms with Crippen molar-refractivity contribution >= 4 is 20.9 Å².